The van der Waals surface area contributed by atoms with E-state index in [-0.39, 0.29) is 16.7 Å². The number of benzene rings is 1. The van der Waals surface area contributed by atoms with Crippen LogP contribution in [0, 0.1) is 0 Å². The third-order valence-corrected chi connectivity index (χ3v) is 6.54. The van der Waals surface area contributed by atoms with E-state index in [1.807, 2.05) is 40.5 Å². The van der Waals surface area contributed by atoms with Crippen molar-refractivity contribution in [3.05, 3.63) is 34.6 Å². The van der Waals surface area contributed by atoms with Crippen LogP contribution in [0.5, 0.6) is 0 Å². The number of fused-ring (bicyclic) bond motifs is 3. The van der Waals surface area contributed by atoms with Gasteiger partial charge in [0, 0.05) is 19.6 Å². The highest BCUT2D eigenvalue weighted by atomic mass is 32.2. The molecular formula is C21H27N5O2S. The summed E-state index contributed by atoms with van der Waals surface area (Å²) in [7, 11) is 0. The summed E-state index contributed by atoms with van der Waals surface area (Å²) in [5.74, 6) is 0.692. The summed E-state index contributed by atoms with van der Waals surface area (Å²) in [6.45, 7) is 6.31. The first-order valence-electron chi connectivity index (χ1n) is 10.4. The number of hydrogen-bond donors (Lipinski definition) is 0. The fraction of sp³-hybridized carbons (Fsp3) is 0.524. The number of nitrogens with zero attached hydrogens (tertiary/aromatic N) is 5. The highest BCUT2D eigenvalue weighted by molar-refractivity contribution is 8.00. The normalized spacial score (nSPS) is 15.9. The maximum absolute atomic E-state index is 13.0. The third kappa shape index (κ3) is 3.77. The maximum Gasteiger partial charge on any atom is 0.262 e. The summed E-state index contributed by atoms with van der Waals surface area (Å²) in [4.78, 5) is 27.8. The van der Waals surface area contributed by atoms with Crippen LogP contribution in [0.15, 0.2) is 34.2 Å². The van der Waals surface area contributed by atoms with E-state index in [1.165, 1.54) is 18.2 Å². The van der Waals surface area contributed by atoms with Crippen molar-refractivity contribution in [3.8, 4) is 0 Å². The van der Waals surface area contributed by atoms with E-state index in [9.17, 15) is 9.59 Å². The molecule has 1 fully saturated rings. The summed E-state index contributed by atoms with van der Waals surface area (Å²) < 4.78 is 3.64. The van der Waals surface area contributed by atoms with Gasteiger partial charge in [-0.25, -0.2) is 0 Å². The van der Waals surface area contributed by atoms with Crippen LogP contribution in [0.3, 0.4) is 0 Å². The largest absolute Gasteiger partial charge is 0.342 e. The quantitative estimate of drug-likeness (QED) is 0.580. The minimum Gasteiger partial charge on any atom is -0.342 e. The van der Waals surface area contributed by atoms with Crippen molar-refractivity contribution in [1.29, 1.82) is 0 Å². The van der Waals surface area contributed by atoms with E-state index in [1.54, 1.807) is 4.57 Å². The maximum atomic E-state index is 13.0. The first-order chi connectivity index (χ1) is 14.1. The number of aromatic nitrogens is 4. The van der Waals surface area contributed by atoms with Gasteiger partial charge in [-0.3, -0.25) is 18.6 Å². The Kier molecular flexibility index (Phi) is 5.89. The minimum atomic E-state index is -0.254. The minimum absolute atomic E-state index is 0.0389. The number of rotatable bonds is 6. The molecule has 0 bridgehead atoms. The van der Waals surface area contributed by atoms with Gasteiger partial charge < -0.3 is 4.90 Å². The molecule has 1 aliphatic heterocycles. The molecule has 0 N–H and O–H groups in total. The Bertz CT molecular complexity index is 1080. The first-order valence-corrected chi connectivity index (χ1v) is 11.3. The lowest BCUT2D eigenvalue weighted by molar-refractivity contribution is -0.131. The summed E-state index contributed by atoms with van der Waals surface area (Å²) in [6.07, 6.45) is 5.23. The molecule has 3 aromatic rings. The number of piperidine rings is 1. The molecule has 1 amide bonds. The predicted octanol–water partition coefficient (Wildman–Crippen LogP) is 3.34. The van der Waals surface area contributed by atoms with Crippen LogP contribution in [0.4, 0.5) is 0 Å². The molecule has 8 heteroatoms. The van der Waals surface area contributed by atoms with Gasteiger partial charge in [0.2, 0.25) is 11.7 Å². The number of unbranched alkanes of at least 4 members (excludes halogenated alkanes) is 1. The van der Waals surface area contributed by atoms with E-state index in [0.717, 1.165) is 44.3 Å². The molecule has 29 heavy (non-hydrogen) atoms. The monoisotopic (exact) mass is 413 g/mol. The van der Waals surface area contributed by atoms with Crippen LogP contribution in [0.25, 0.3) is 16.7 Å². The van der Waals surface area contributed by atoms with E-state index in [2.05, 4.69) is 17.1 Å². The van der Waals surface area contributed by atoms with Crippen molar-refractivity contribution in [2.45, 2.75) is 62.9 Å². The number of hydrogen-bond acceptors (Lipinski definition) is 5. The van der Waals surface area contributed by atoms with Crippen molar-refractivity contribution in [2.24, 2.45) is 0 Å². The van der Waals surface area contributed by atoms with Crippen LogP contribution in [0.1, 0.15) is 46.0 Å². The number of aryl methyl sites for hydroxylation is 1. The fourth-order valence-corrected chi connectivity index (χ4v) is 4.85. The van der Waals surface area contributed by atoms with Crippen LogP contribution in [-0.4, -0.2) is 48.3 Å². The summed E-state index contributed by atoms with van der Waals surface area (Å²) >= 11 is 1.42. The molecule has 4 rings (SSSR count). The van der Waals surface area contributed by atoms with E-state index in [4.69, 9.17) is 0 Å². The number of amides is 1. The van der Waals surface area contributed by atoms with Crippen molar-refractivity contribution in [3.63, 3.8) is 0 Å². The van der Waals surface area contributed by atoms with Gasteiger partial charge in [-0.1, -0.05) is 37.2 Å². The summed E-state index contributed by atoms with van der Waals surface area (Å²) in [5, 5.41) is 9.75. The second kappa shape index (κ2) is 8.57. The van der Waals surface area contributed by atoms with Crippen LogP contribution < -0.4 is 5.56 Å². The van der Waals surface area contributed by atoms with E-state index in [0.29, 0.717) is 22.9 Å². The molecular weight excluding hydrogens is 386 g/mol. The highest BCUT2D eigenvalue weighted by Crippen LogP contribution is 2.27. The van der Waals surface area contributed by atoms with Crippen molar-refractivity contribution in [2.75, 3.05) is 13.1 Å². The Labute approximate surface area is 174 Å². The van der Waals surface area contributed by atoms with Gasteiger partial charge in [-0.2, -0.15) is 0 Å². The molecule has 0 spiro atoms. The molecule has 2 aromatic heterocycles. The Morgan fingerprint density at radius 3 is 2.69 bits per heavy atom. The lowest BCUT2D eigenvalue weighted by atomic mass is 10.1. The zero-order valence-corrected chi connectivity index (χ0v) is 17.8. The molecule has 0 unspecified atom stereocenters. The van der Waals surface area contributed by atoms with Gasteiger partial charge in [0.1, 0.15) is 0 Å². The van der Waals surface area contributed by atoms with Gasteiger partial charge in [0.25, 0.3) is 5.56 Å². The van der Waals surface area contributed by atoms with Crippen molar-refractivity contribution < 1.29 is 4.79 Å². The fourth-order valence-electron chi connectivity index (χ4n) is 3.91. The smallest absolute Gasteiger partial charge is 0.262 e. The molecule has 1 atom stereocenters. The van der Waals surface area contributed by atoms with Crippen LogP contribution >= 0.6 is 11.8 Å². The number of carbonyl (C=O) groups is 1. The van der Waals surface area contributed by atoms with Gasteiger partial charge in [-0.05, 0) is 44.7 Å². The van der Waals surface area contributed by atoms with Gasteiger partial charge >= 0.3 is 0 Å². The van der Waals surface area contributed by atoms with Crippen molar-refractivity contribution in [1.82, 2.24) is 24.1 Å². The second-order valence-electron chi connectivity index (χ2n) is 7.59. The lowest BCUT2D eigenvalue weighted by Gasteiger charge is -2.28. The number of carbonyl (C=O) groups excluding carboxylic acids is 1. The molecule has 0 saturated carbocycles. The molecule has 1 aliphatic rings. The number of likely N-dealkylation sites (tertiary alicyclic amines) is 1. The first kappa shape index (κ1) is 19.9. The Morgan fingerprint density at radius 1 is 1.17 bits per heavy atom. The molecule has 1 saturated heterocycles. The average Bonchev–Trinajstić information content (AvgIpc) is 3.17. The standard InChI is InChI=1S/C21H27N5O2S/c1-3-4-14-25-19(28)16-10-6-7-11-17(16)26-20(25)22-23-21(26)29-15(2)18(27)24-12-8-5-9-13-24/h6-7,10-11,15H,3-5,8-9,12-14H2,1-2H3/t15-/m1/s1. The topological polar surface area (TPSA) is 72.5 Å². The van der Waals surface area contributed by atoms with Crippen molar-refractivity contribution >= 4 is 34.3 Å². The molecule has 0 aliphatic carbocycles. The molecule has 154 valence electrons. The van der Waals surface area contributed by atoms with Gasteiger partial charge in [0.15, 0.2) is 5.16 Å². The van der Waals surface area contributed by atoms with Crippen LogP contribution in [-0.2, 0) is 11.3 Å². The Hall–Kier alpha value is -2.35. The molecule has 0 radical (unpaired) electrons. The average molecular weight is 414 g/mol. The van der Waals surface area contributed by atoms with Gasteiger partial charge in [-0.15, -0.1) is 10.2 Å². The zero-order valence-electron chi connectivity index (χ0n) is 17.0. The van der Waals surface area contributed by atoms with Gasteiger partial charge in [0.05, 0.1) is 16.2 Å². The zero-order chi connectivity index (χ0) is 20.4. The summed E-state index contributed by atoms with van der Waals surface area (Å²) in [6, 6.07) is 7.54. The summed E-state index contributed by atoms with van der Waals surface area (Å²) in [5.41, 5.74) is 0.744. The third-order valence-electron chi connectivity index (χ3n) is 5.51. The molecule has 7 nitrogen and oxygen atoms in total. The second-order valence-corrected chi connectivity index (χ2v) is 8.90. The van der Waals surface area contributed by atoms with E-state index >= 15 is 0 Å². The number of thioether (sulfide) groups is 1. The molecule has 1 aromatic carbocycles. The lowest BCUT2D eigenvalue weighted by Crippen LogP contribution is -2.40. The highest BCUT2D eigenvalue weighted by Gasteiger charge is 2.25. The molecule has 3 heterocycles. The van der Waals surface area contributed by atoms with E-state index < -0.39 is 0 Å². The number of para-hydroxylation sites is 1. The van der Waals surface area contributed by atoms with Crippen LogP contribution in [0.2, 0.25) is 0 Å². The Morgan fingerprint density at radius 2 is 1.93 bits per heavy atom. The predicted molar refractivity (Wildman–Crippen MR) is 115 cm³/mol. The SMILES string of the molecule is CCCCn1c(=O)c2ccccc2n2c(S[C@H](C)C(=O)N3CCCCC3)nnc12. The Balaban J connectivity index is 1.74.